The Morgan fingerprint density at radius 1 is 1.08 bits per heavy atom. The molecule has 1 aliphatic carbocycles. The Labute approximate surface area is 148 Å². The maximum atomic E-state index is 6.63. The van der Waals surface area contributed by atoms with Crippen molar-refractivity contribution in [1.29, 1.82) is 0 Å². The molecule has 2 aliphatic heterocycles. The normalized spacial score (nSPS) is 35.7. The number of ether oxygens (including phenoxy) is 1. The van der Waals surface area contributed by atoms with Crippen LogP contribution in [0, 0.1) is 17.3 Å². The van der Waals surface area contributed by atoms with Crippen LogP contribution in [0.4, 0.5) is 0 Å². The van der Waals surface area contributed by atoms with E-state index in [-0.39, 0.29) is 11.7 Å². The first-order valence-electron chi connectivity index (χ1n) is 8.96. The summed E-state index contributed by atoms with van der Waals surface area (Å²) in [4.78, 5) is 1.23. The van der Waals surface area contributed by atoms with Gasteiger partial charge in [-0.15, -0.1) is 0 Å². The molecule has 0 unspecified atom stereocenters. The zero-order chi connectivity index (χ0) is 16.5. The highest BCUT2D eigenvalue weighted by atomic mass is 32.2. The van der Waals surface area contributed by atoms with Gasteiger partial charge in [0.2, 0.25) is 0 Å². The lowest BCUT2D eigenvalue weighted by Crippen LogP contribution is -2.37. The summed E-state index contributed by atoms with van der Waals surface area (Å²) in [5.74, 6) is 1.32. The van der Waals surface area contributed by atoms with Crippen LogP contribution in [0.3, 0.4) is 0 Å². The van der Waals surface area contributed by atoms with E-state index in [2.05, 4.69) is 51.1 Å². The number of hydrogen-bond acceptors (Lipinski definition) is 3. The molecule has 0 radical (unpaired) electrons. The Morgan fingerprint density at radius 3 is 2.67 bits per heavy atom. The highest BCUT2D eigenvalue weighted by molar-refractivity contribution is 7.99. The van der Waals surface area contributed by atoms with Crippen LogP contribution in [0.1, 0.15) is 50.8 Å². The second-order valence-corrected chi connectivity index (χ2v) is 9.79. The van der Waals surface area contributed by atoms with Crippen molar-refractivity contribution in [2.75, 3.05) is 0 Å². The summed E-state index contributed by atoms with van der Waals surface area (Å²) >= 11 is 1.73. The van der Waals surface area contributed by atoms with Gasteiger partial charge in [-0.3, -0.25) is 0 Å². The van der Waals surface area contributed by atoms with Crippen LogP contribution < -0.4 is 0 Å². The van der Waals surface area contributed by atoms with E-state index in [1.807, 2.05) is 6.26 Å². The number of furan rings is 1. The lowest BCUT2D eigenvalue weighted by molar-refractivity contribution is -0.0695. The summed E-state index contributed by atoms with van der Waals surface area (Å²) in [5, 5.41) is 1.04. The molecule has 2 aromatic rings. The molecule has 2 bridgehead atoms. The third-order valence-electron chi connectivity index (χ3n) is 6.30. The molecule has 3 heterocycles. The van der Waals surface area contributed by atoms with Gasteiger partial charge in [0.25, 0.3) is 0 Å². The van der Waals surface area contributed by atoms with E-state index in [0.717, 1.165) is 11.5 Å². The van der Waals surface area contributed by atoms with Crippen LogP contribution in [0.15, 0.2) is 51.0 Å². The molecule has 1 saturated carbocycles. The Bertz CT molecular complexity index is 778. The van der Waals surface area contributed by atoms with Crippen molar-refractivity contribution in [3.63, 3.8) is 0 Å². The van der Waals surface area contributed by atoms with E-state index in [1.54, 1.807) is 11.8 Å². The molecule has 1 saturated heterocycles. The van der Waals surface area contributed by atoms with Gasteiger partial charge in [-0.05, 0) is 49.1 Å². The van der Waals surface area contributed by atoms with Gasteiger partial charge in [-0.1, -0.05) is 43.8 Å². The van der Waals surface area contributed by atoms with E-state index in [9.17, 15) is 0 Å². The smallest absolute Gasteiger partial charge is 0.170 e. The predicted molar refractivity (Wildman–Crippen MR) is 95.2 cm³/mol. The van der Waals surface area contributed by atoms with Crippen molar-refractivity contribution in [3.05, 3.63) is 47.7 Å². The molecule has 24 heavy (non-hydrogen) atoms. The highest BCUT2D eigenvalue weighted by Gasteiger charge is 2.61. The van der Waals surface area contributed by atoms with E-state index >= 15 is 0 Å². The van der Waals surface area contributed by atoms with Crippen molar-refractivity contribution >= 4 is 11.8 Å². The predicted octanol–water partition coefficient (Wildman–Crippen LogP) is 5.87. The minimum absolute atomic E-state index is 0.00530. The topological polar surface area (TPSA) is 22.4 Å². The lowest BCUT2D eigenvalue weighted by atomic mass is 9.80. The summed E-state index contributed by atoms with van der Waals surface area (Å²) in [6.45, 7) is 7.16. The SMILES string of the molecule is CC1(C)C[C@H]2[C@H]3O[C@](C)(Cc4coc(Sc5ccccc5)c43)[C@H]2C1. The molecule has 1 aromatic carbocycles. The Hall–Kier alpha value is -1.19. The minimum atomic E-state index is -0.00530. The zero-order valence-electron chi connectivity index (χ0n) is 14.5. The monoisotopic (exact) mass is 340 g/mol. The molecular weight excluding hydrogens is 316 g/mol. The van der Waals surface area contributed by atoms with Crippen LogP contribution in [-0.2, 0) is 11.2 Å². The molecule has 2 fully saturated rings. The molecule has 126 valence electrons. The van der Waals surface area contributed by atoms with Crippen LogP contribution in [0.2, 0.25) is 0 Å². The maximum absolute atomic E-state index is 6.63. The van der Waals surface area contributed by atoms with Crippen molar-refractivity contribution < 1.29 is 9.15 Å². The van der Waals surface area contributed by atoms with E-state index in [0.29, 0.717) is 17.3 Å². The average molecular weight is 340 g/mol. The largest absolute Gasteiger partial charge is 0.457 e. The third kappa shape index (κ3) is 2.14. The summed E-state index contributed by atoms with van der Waals surface area (Å²) in [7, 11) is 0. The Balaban J connectivity index is 1.54. The molecule has 5 rings (SSSR count). The van der Waals surface area contributed by atoms with Gasteiger partial charge in [0, 0.05) is 22.4 Å². The first kappa shape index (κ1) is 15.1. The summed E-state index contributed by atoms with van der Waals surface area (Å²) in [6, 6.07) is 10.5. The van der Waals surface area contributed by atoms with Gasteiger partial charge in [-0.25, -0.2) is 0 Å². The van der Waals surface area contributed by atoms with Crippen molar-refractivity contribution in [2.45, 2.75) is 61.7 Å². The molecule has 3 aliphatic rings. The molecular formula is C21H24O2S. The van der Waals surface area contributed by atoms with Gasteiger partial charge in [0.15, 0.2) is 5.09 Å². The van der Waals surface area contributed by atoms with Crippen LogP contribution in [0.25, 0.3) is 0 Å². The third-order valence-corrected chi connectivity index (χ3v) is 7.31. The van der Waals surface area contributed by atoms with Gasteiger partial charge in [-0.2, -0.15) is 0 Å². The molecule has 2 nitrogen and oxygen atoms in total. The van der Waals surface area contributed by atoms with Crippen LogP contribution in [-0.4, -0.2) is 5.60 Å². The van der Waals surface area contributed by atoms with E-state index < -0.39 is 0 Å². The average Bonchev–Trinajstić information content (AvgIpc) is 3.13. The summed E-state index contributed by atoms with van der Waals surface area (Å²) in [5.41, 5.74) is 3.15. The molecule has 0 N–H and O–H groups in total. The van der Waals surface area contributed by atoms with Gasteiger partial charge in [0.1, 0.15) is 0 Å². The lowest BCUT2D eigenvalue weighted by Gasteiger charge is -2.35. The summed E-state index contributed by atoms with van der Waals surface area (Å²) in [6.07, 6.45) is 5.75. The van der Waals surface area contributed by atoms with Crippen LogP contribution in [0.5, 0.6) is 0 Å². The molecule has 0 amide bonds. The summed E-state index contributed by atoms with van der Waals surface area (Å²) < 4.78 is 12.6. The standard InChI is InChI=1S/C21H24O2S/c1-20(2)10-15-16(11-20)21(3)9-13-12-22-19(17(13)18(15)23-21)24-14-7-5-4-6-8-14/h4-8,12,15-16,18H,9-11H2,1-3H3/t15-,16+,18-,21-/m1/s1. The van der Waals surface area contributed by atoms with E-state index in [4.69, 9.17) is 9.15 Å². The first-order valence-corrected chi connectivity index (χ1v) is 9.78. The second kappa shape index (κ2) is 4.92. The van der Waals surface area contributed by atoms with Crippen molar-refractivity contribution in [3.8, 4) is 0 Å². The number of hydrogen-bond donors (Lipinski definition) is 0. The fourth-order valence-electron chi connectivity index (χ4n) is 5.38. The number of fused-ring (bicyclic) bond motifs is 7. The van der Waals surface area contributed by atoms with Crippen molar-refractivity contribution in [1.82, 2.24) is 0 Å². The second-order valence-electron chi connectivity index (χ2n) is 8.75. The quantitative estimate of drug-likeness (QED) is 0.682. The van der Waals surface area contributed by atoms with Gasteiger partial charge in [0.05, 0.1) is 18.0 Å². The van der Waals surface area contributed by atoms with Gasteiger partial charge < -0.3 is 9.15 Å². The van der Waals surface area contributed by atoms with E-state index in [1.165, 1.54) is 28.9 Å². The van der Waals surface area contributed by atoms with Gasteiger partial charge >= 0.3 is 0 Å². The minimum Gasteiger partial charge on any atom is -0.457 e. The maximum Gasteiger partial charge on any atom is 0.170 e. The number of rotatable bonds is 2. The first-order chi connectivity index (χ1) is 11.5. The fraction of sp³-hybridized carbons (Fsp3) is 0.524. The molecule has 0 spiro atoms. The number of benzene rings is 1. The Morgan fingerprint density at radius 2 is 1.88 bits per heavy atom. The Kier molecular flexibility index (Phi) is 3.10. The molecule has 3 heteroatoms. The highest BCUT2D eigenvalue weighted by Crippen LogP contribution is 2.65. The fourth-order valence-corrected chi connectivity index (χ4v) is 6.34. The molecule has 1 aromatic heterocycles. The zero-order valence-corrected chi connectivity index (χ0v) is 15.4. The van der Waals surface area contributed by atoms with Crippen LogP contribution >= 0.6 is 11.8 Å². The molecule has 4 atom stereocenters. The van der Waals surface area contributed by atoms with Crippen molar-refractivity contribution in [2.24, 2.45) is 17.3 Å².